The molecule has 0 aromatic carbocycles. The van der Waals surface area contributed by atoms with Crippen LogP contribution in [0.15, 0.2) is 24.5 Å². The van der Waals surface area contributed by atoms with Gasteiger partial charge in [0.2, 0.25) is 0 Å². The third kappa shape index (κ3) is 3.27. The normalized spacial score (nSPS) is 8.33. The minimum Gasteiger partial charge on any atom is -0.387 e. The first kappa shape index (κ1) is 13.5. The lowest BCUT2D eigenvalue weighted by Gasteiger charge is -1.98. The number of nitrogens with zero attached hydrogens (tertiary/aromatic N) is 1. The van der Waals surface area contributed by atoms with Crippen LogP contribution in [0.4, 0.5) is 5.69 Å². The van der Waals surface area contributed by atoms with Crippen molar-refractivity contribution in [3.05, 3.63) is 24.5 Å². The number of hydrogen-bond donors (Lipinski definition) is 2. The van der Waals surface area contributed by atoms with Crippen LogP contribution in [0.1, 0.15) is 27.7 Å². The maximum absolute atomic E-state index is 4.15. The van der Waals surface area contributed by atoms with Gasteiger partial charge in [0.15, 0.2) is 0 Å². The molecular formula is C12H21N3. The van der Waals surface area contributed by atoms with Crippen molar-refractivity contribution >= 4 is 16.7 Å². The monoisotopic (exact) mass is 207 g/mol. The Balaban J connectivity index is 0.000000442. The van der Waals surface area contributed by atoms with Crippen LogP contribution in [0.2, 0.25) is 0 Å². The largest absolute Gasteiger partial charge is 0.387 e. The second-order valence-corrected chi connectivity index (χ2v) is 2.35. The number of pyridine rings is 1. The first-order chi connectivity index (χ1) is 7.42. The summed E-state index contributed by atoms with van der Waals surface area (Å²) in [6.07, 6.45) is 3.67. The van der Waals surface area contributed by atoms with Crippen molar-refractivity contribution in [1.29, 1.82) is 0 Å². The Kier molecular flexibility index (Phi) is 7.06. The SMILES string of the molecule is CC.CC.CNc1ccnc2[nH]ccc12. The van der Waals surface area contributed by atoms with E-state index in [9.17, 15) is 0 Å². The van der Waals surface area contributed by atoms with E-state index in [-0.39, 0.29) is 0 Å². The minimum absolute atomic E-state index is 0.928. The average molecular weight is 207 g/mol. The van der Waals surface area contributed by atoms with Crippen LogP contribution < -0.4 is 5.32 Å². The molecule has 0 aliphatic carbocycles. The lowest BCUT2D eigenvalue weighted by atomic mass is 10.3. The molecule has 0 saturated heterocycles. The maximum Gasteiger partial charge on any atom is 0.139 e. The van der Waals surface area contributed by atoms with Gasteiger partial charge in [-0.1, -0.05) is 27.7 Å². The van der Waals surface area contributed by atoms with E-state index in [0.29, 0.717) is 0 Å². The van der Waals surface area contributed by atoms with Crippen molar-refractivity contribution in [1.82, 2.24) is 9.97 Å². The summed E-state index contributed by atoms with van der Waals surface area (Å²) in [6.45, 7) is 8.00. The molecule has 0 aliphatic rings. The summed E-state index contributed by atoms with van der Waals surface area (Å²) < 4.78 is 0. The Morgan fingerprint density at radius 3 is 2.40 bits per heavy atom. The van der Waals surface area contributed by atoms with Crippen LogP contribution >= 0.6 is 0 Å². The quantitative estimate of drug-likeness (QED) is 0.749. The molecule has 0 bridgehead atoms. The van der Waals surface area contributed by atoms with Crippen molar-refractivity contribution in [3.8, 4) is 0 Å². The predicted molar refractivity (Wildman–Crippen MR) is 68.3 cm³/mol. The summed E-state index contributed by atoms with van der Waals surface area (Å²) in [5, 5.41) is 4.23. The maximum atomic E-state index is 4.15. The standard InChI is InChI=1S/C8H9N3.2C2H6/c1-9-7-3-5-11-8-6(7)2-4-10-8;2*1-2/h2-5H,1H3,(H2,9,10,11);2*1-2H3. The molecule has 0 aliphatic heterocycles. The predicted octanol–water partition coefficient (Wildman–Crippen LogP) is 3.66. The molecule has 0 saturated carbocycles. The van der Waals surface area contributed by atoms with Crippen LogP contribution in [-0.4, -0.2) is 17.0 Å². The molecule has 0 atom stereocenters. The summed E-state index contributed by atoms with van der Waals surface area (Å²) in [5.41, 5.74) is 2.04. The number of aromatic nitrogens is 2. The molecule has 3 nitrogen and oxygen atoms in total. The molecule has 3 heteroatoms. The van der Waals surface area contributed by atoms with Gasteiger partial charge in [0.25, 0.3) is 0 Å². The average Bonchev–Trinajstić information content (AvgIpc) is 2.82. The van der Waals surface area contributed by atoms with Crippen molar-refractivity contribution in [2.45, 2.75) is 27.7 Å². The fourth-order valence-corrected chi connectivity index (χ4v) is 1.18. The van der Waals surface area contributed by atoms with Gasteiger partial charge in [0.05, 0.1) is 0 Å². The highest BCUT2D eigenvalue weighted by Crippen LogP contribution is 2.18. The lowest BCUT2D eigenvalue weighted by molar-refractivity contribution is 1.32. The van der Waals surface area contributed by atoms with Gasteiger partial charge in [0.1, 0.15) is 5.65 Å². The van der Waals surface area contributed by atoms with Crippen molar-refractivity contribution in [2.24, 2.45) is 0 Å². The van der Waals surface area contributed by atoms with Gasteiger partial charge in [-0.2, -0.15) is 0 Å². The molecule has 2 aromatic rings. The molecule has 0 unspecified atom stereocenters. The zero-order chi connectivity index (χ0) is 11.7. The molecule has 0 amide bonds. The Hall–Kier alpha value is -1.51. The molecule has 15 heavy (non-hydrogen) atoms. The van der Waals surface area contributed by atoms with Gasteiger partial charge in [-0.15, -0.1) is 0 Å². The first-order valence-corrected chi connectivity index (χ1v) is 5.51. The third-order valence-electron chi connectivity index (χ3n) is 1.73. The van der Waals surface area contributed by atoms with Crippen LogP contribution in [0.25, 0.3) is 11.0 Å². The number of H-pyrrole nitrogens is 1. The molecule has 0 radical (unpaired) electrons. The van der Waals surface area contributed by atoms with Crippen LogP contribution in [-0.2, 0) is 0 Å². The van der Waals surface area contributed by atoms with Gasteiger partial charge in [-0.3, -0.25) is 0 Å². The number of nitrogens with one attached hydrogen (secondary N) is 2. The summed E-state index contributed by atoms with van der Waals surface area (Å²) in [5.74, 6) is 0. The second kappa shape index (κ2) is 7.85. The highest BCUT2D eigenvalue weighted by Gasteiger charge is 1.98. The molecule has 2 aromatic heterocycles. The lowest BCUT2D eigenvalue weighted by Crippen LogP contribution is -1.88. The van der Waals surface area contributed by atoms with E-state index in [1.54, 1.807) is 6.20 Å². The van der Waals surface area contributed by atoms with Crippen molar-refractivity contribution < 1.29 is 0 Å². The van der Waals surface area contributed by atoms with Gasteiger partial charge < -0.3 is 10.3 Å². The van der Waals surface area contributed by atoms with Crippen molar-refractivity contribution in [3.63, 3.8) is 0 Å². The van der Waals surface area contributed by atoms with E-state index >= 15 is 0 Å². The summed E-state index contributed by atoms with van der Waals surface area (Å²) in [4.78, 5) is 7.20. The Morgan fingerprint density at radius 2 is 1.80 bits per heavy atom. The van der Waals surface area contributed by atoms with E-state index in [1.165, 1.54) is 0 Å². The zero-order valence-electron chi connectivity index (χ0n) is 10.3. The summed E-state index contributed by atoms with van der Waals surface area (Å²) in [7, 11) is 1.90. The molecule has 0 spiro atoms. The van der Waals surface area contributed by atoms with Crippen LogP contribution in [0, 0.1) is 0 Å². The van der Waals surface area contributed by atoms with Gasteiger partial charge >= 0.3 is 0 Å². The second-order valence-electron chi connectivity index (χ2n) is 2.35. The zero-order valence-corrected chi connectivity index (χ0v) is 10.3. The summed E-state index contributed by atoms with van der Waals surface area (Å²) >= 11 is 0. The van der Waals surface area contributed by atoms with Crippen LogP contribution in [0.5, 0.6) is 0 Å². The highest BCUT2D eigenvalue weighted by atomic mass is 14.9. The Morgan fingerprint density at radius 1 is 1.13 bits per heavy atom. The fourth-order valence-electron chi connectivity index (χ4n) is 1.18. The van der Waals surface area contributed by atoms with E-state index in [2.05, 4.69) is 15.3 Å². The van der Waals surface area contributed by atoms with Crippen molar-refractivity contribution in [2.75, 3.05) is 12.4 Å². The summed E-state index contributed by atoms with van der Waals surface area (Å²) in [6, 6.07) is 3.96. The van der Waals surface area contributed by atoms with Crippen LogP contribution in [0.3, 0.4) is 0 Å². The van der Waals surface area contributed by atoms with Gasteiger partial charge in [-0.05, 0) is 12.1 Å². The number of anilines is 1. The van der Waals surface area contributed by atoms with E-state index in [4.69, 9.17) is 0 Å². The number of aromatic amines is 1. The smallest absolute Gasteiger partial charge is 0.139 e. The topological polar surface area (TPSA) is 40.7 Å². The minimum atomic E-state index is 0.928. The van der Waals surface area contributed by atoms with Gasteiger partial charge in [0, 0.05) is 30.5 Å². The Bertz CT molecular complexity index is 366. The number of fused-ring (bicyclic) bond motifs is 1. The number of hydrogen-bond acceptors (Lipinski definition) is 2. The fraction of sp³-hybridized carbons (Fsp3) is 0.417. The molecule has 2 rings (SSSR count). The highest BCUT2D eigenvalue weighted by molar-refractivity contribution is 5.88. The molecular weight excluding hydrogens is 186 g/mol. The van der Waals surface area contributed by atoms with Gasteiger partial charge in [-0.25, -0.2) is 4.98 Å². The first-order valence-electron chi connectivity index (χ1n) is 5.51. The Labute approximate surface area is 91.9 Å². The molecule has 2 N–H and O–H groups in total. The third-order valence-corrected chi connectivity index (χ3v) is 1.73. The molecule has 2 heterocycles. The molecule has 84 valence electrons. The number of rotatable bonds is 1. The van der Waals surface area contributed by atoms with E-state index in [0.717, 1.165) is 16.7 Å². The van der Waals surface area contributed by atoms with E-state index < -0.39 is 0 Å². The molecule has 0 fully saturated rings. The van der Waals surface area contributed by atoms with E-state index in [1.807, 2.05) is 53.1 Å².